The van der Waals surface area contributed by atoms with Gasteiger partial charge in [-0.1, -0.05) is 35.7 Å². The minimum absolute atomic E-state index is 0.136. The zero-order valence-corrected chi connectivity index (χ0v) is 11.9. The molecule has 1 aromatic carbocycles. The Hall–Kier alpha value is -1.03. The first-order chi connectivity index (χ1) is 8.13. The molecular weight excluding hydrogens is 280 g/mol. The fourth-order valence-electron chi connectivity index (χ4n) is 1.47. The van der Waals surface area contributed by atoms with Gasteiger partial charge in [0, 0.05) is 16.7 Å². The zero-order valence-electron chi connectivity index (χ0n) is 10.3. The summed E-state index contributed by atoms with van der Waals surface area (Å²) in [6.07, 6.45) is 3.34. The van der Waals surface area contributed by atoms with Crippen molar-refractivity contribution in [2.45, 2.75) is 33.1 Å². The van der Waals surface area contributed by atoms with E-state index in [-0.39, 0.29) is 6.03 Å². The summed E-state index contributed by atoms with van der Waals surface area (Å²) in [5.74, 6) is 0. The highest BCUT2D eigenvalue weighted by atomic mass is 79.9. The van der Waals surface area contributed by atoms with Crippen molar-refractivity contribution in [1.82, 2.24) is 5.32 Å². The standard InChI is InChI=1S/C13H19BrN2O/c1-3-4-5-8-15-13(17)16-11-6-7-12(14)10(2)9-11/h6-7,9H,3-5,8H2,1-2H3,(H2,15,16,17). The van der Waals surface area contributed by atoms with Crippen LogP contribution in [0.4, 0.5) is 10.5 Å². The third-order valence-electron chi connectivity index (χ3n) is 2.48. The van der Waals surface area contributed by atoms with Crippen LogP contribution in [0.25, 0.3) is 0 Å². The van der Waals surface area contributed by atoms with Crippen molar-refractivity contribution in [3.05, 3.63) is 28.2 Å². The summed E-state index contributed by atoms with van der Waals surface area (Å²) in [6.45, 7) is 4.87. The molecular formula is C13H19BrN2O. The van der Waals surface area contributed by atoms with E-state index >= 15 is 0 Å². The molecule has 1 aromatic rings. The number of unbranched alkanes of at least 4 members (excludes halogenated alkanes) is 2. The number of anilines is 1. The lowest BCUT2D eigenvalue weighted by molar-refractivity contribution is 0.252. The van der Waals surface area contributed by atoms with Gasteiger partial charge >= 0.3 is 6.03 Å². The SMILES string of the molecule is CCCCCNC(=O)Nc1ccc(Br)c(C)c1. The summed E-state index contributed by atoms with van der Waals surface area (Å²) in [5, 5.41) is 5.65. The Labute approximate surface area is 111 Å². The molecule has 4 heteroatoms. The lowest BCUT2D eigenvalue weighted by Gasteiger charge is -2.08. The largest absolute Gasteiger partial charge is 0.338 e. The number of carbonyl (C=O) groups excluding carboxylic acids is 1. The third-order valence-corrected chi connectivity index (χ3v) is 3.37. The van der Waals surface area contributed by atoms with Gasteiger partial charge in [-0.3, -0.25) is 0 Å². The van der Waals surface area contributed by atoms with Crippen LogP contribution in [0.2, 0.25) is 0 Å². The molecule has 0 atom stereocenters. The molecule has 2 N–H and O–H groups in total. The molecule has 3 nitrogen and oxygen atoms in total. The van der Waals surface area contributed by atoms with E-state index in [2.05, 4.69) is 33.5 Å². The Bertz CT molecular complexity index is 380. The molecule has 0 aromatic heterocycles. The van der Waals surface area contributed by atoms with Crippen LogP contribution in [0.1, 0.15) is 31.7 Å². The molecule has 0 heterocycles. The highest BCUT2D eigenvalue weighted by molar-refractivity contribution is 9.10. The number of amides is 2. The maximum absolute atomic E-state index is 11.5. The highest BCUT2D eigenvalue weighted by Crippen LogP contribution is 2.19. The molecule has 0 aliphatic heterocycles. The van der Waals surface area contributed by atoms with Gasteiger partial charge in [-0.15, -0.1) is 0 Å². The van der Waals surface area contributed by atoms with E-state index < -0.39 is 0 Å². The quantitative estimate of drug-likeness (QED) is 0.791. The number of urea groups is 1. The minimum atomic E-state index is -0.136. The van der Waals surface area contributed by atoms with E-state index in [4.69, 9.17) is 0 Å². The van der Waals surface area contributed by atoms with Crippen molar-refractivity contribution >= 4 is 27.6 Å². The van der Waals surface area contributed by atoms with Gasteiger partial charge in [-0.25, -0.2) is 4.79 Å². The topological polar surface area (TPSA) is 41.1 Å². The van der Waals surface area contributed by atoms with Gasteiger partial charge in [0.1, 0.15) is 0 Å². The van der Waals surface area contributed by atoms with E-state index in [0.29, 0.717) is 0 Å². The summed E-state index contributed by atoms with van der Waals surface area (Å²) in [5.41, 5.74) is 1.92. The number of nitrogens with one attached hydrogen (secondary N) is 2. The predicted octanol–water partition coefficient (Wildman–Crippen LogP) is 4.07. The fraction of sp³-hybridized carbons (Fsp3) is 0.462. The van der Waals surface area contributed by atoms with E-state index in [1.54, 1.807) is 0 Å². The van der Waals surface area contributed by atoms with Crippen LogP contribution in [-0.2, 0) is 0 Å². The van der Waals surface area contributed by atoms with Crippen LogP contribution in [0.5, 0.6) is 0 Å². The first-order valence-electron chi connectivity index (χ1n) is 5.94. The van der Waals surface area contributed by atoms with E-state index in [1.165, 1.54) is 0 Å². The zero-order chi connectivity index (χ0) is 12.7. The molecule has 0 fully saturated rings. The van der Waals surface area contributed by atoms with Crippen LogP contribution >= 0.6 is 15.9 Å². The van der Waals surface area contributed by atoms with Crippen molar-refractivity contribution < 1.29 is 4.79 Å². The van der Waals surface area contributed by atoms with Crippen LogP contribution in [0.15, 0.2) is 22.7 Å². The Morgan fingerprint density at radius 2 is 2.12 bits per heavy atom. The van der Waals surface area contributed by atoms with Crippen LogP contribution < -0.4 is 10.6 Å². The second-order valence-electron chi connectivity index (χ2n) is 4.05. The molecule has 0 bridgehead atoms. The van der Waals surface area contributed by atoms with Gasteiger partial charge in [0.25, 0.3) is 0 Å². The Morgan fingerprint density at radius 1 is 1.35 bits per heavy atom. The van der Waals surface area contributed by atoms with Crippen molar-refractivity contribution in [1.29, 1.82) is 0 Å². The number of halogens is 1. The molecule has 2 amide bonds. The van der Waals surface area contributed by atoms with Crippen LogP contribution in [0.3, 0.4) is 0 Å². The second kappa shape index (κ2) is 7.33. The van der Waals surface area contributed by atoms with Crippen LogP contribution in [0, 0.1) is 6.92 Å². The molecule has 0 aliphatic carbocycles. The van der Waals surface area contributed by atoms with Gasteiger partial charge < -0.3 is 10.6 Å². The van der Waals surface area contributed by atoms with Crippen molar-refractivity contribution in [3.63, 3.8) is 0 Å². The number of hydrogen-bond donors (Lipinski definition) is 2. The highest BCUT2D eigenvalue weighted by Gasteiger charge is 2.02. The number of benzene rings is 1. The summed E-state index contributed by atoms with van der Waals surface area (Å²) < 4.78 is 1.05. The lowest BCUT2D eigenvalue weighted by atomic mass is 10.2. The molecule has 0 radical (unpaired) electrons. The van der Waals surface area contributed by atoms with Gasteiger partial charge in [0.15, 0.2) is 0 Å². The normalized spacial score (nSPS) is 10.1. The Kier molecular flexibility index (Phi) is 6.05. The number of rotatable bonds is 5. The summed E-state index contributed by atoms with van der Waals surface area (Å²) >= 11 is 3.43. The van der Waals surface area contributed by atoms with Gasteiger partial charge in [0.05, 0.1) is 0 Å². The predicted molar refractivity (Wildman–Crippen MR) is 75.4 cm³/mol. The smallest absolute Gasteiger partial charge is 0.319 e. The van der Waals surface area contributed by atoms with Gasteiger partial charge in [-0.2, -0.15) is 0 Å². The van der Waals surface area contributed by atoms with Crippen molar-refractivity contribution in [2.24, 2.45) is 0 Å². The Morgan fingerprint density at radius 3 is 2.76 bits per heavy atom. The summed E-state index contributed by atoms with van der Waals surface area (Å²) in [4.78, 5) is 11.5. The lowest BCUT2D eigenvalue weighted by Crippen LogP contribution is -2.29. The van der Waals surface area contributed by atoms with Crippen LogP contribution in [-0.4, -0.2) is 12.6 Å². The molecule has 17 heavy (non-hydrogen) atoms. The molecule has 0 saturated heterocycles. The molecule has 94 valence electrons. The molecule has 1 rings (SSSR count). The third kappa shape index (κ3) is 5.22. The first-order valence-corrected chi connectivity index (χ1v) is 6.73. The van der Waals surface area contributed by atoms with E-state index in [1.807, 2.05) is 25.1 Å². The molecule has 0 unspecified atom stereocenters. The summed E-state index contributed by atoms with van der Waals surface area (Å²) in [7, 11) is 0. The summed E-state index contributed by atoms with van der Waals surface area (Å²) in [6, 6.07) is 5.61. The van der Waals surface area contributed by atoms with Crippen molar-refractivity contribution in [2.75, 3.05) is 11.9 Å². The van der Waals surface area contributed by atoms with E-state index in [0.717, 1.165) is 41.5 Å². The average molecular weight is 299 g/mol. The van der Waals surface area contributed by atoms with Gasteiger partial charge in [0.2, 0.25) is 0 Å². The average Bonchev–Trinajstić information content (AvgIpc) is 2.30. The Balaban J connectivity index is 2.37. The first kappa shape index (κ1) is 14.0. The minimum Gasteiger partial charge on any atom is -0.338 e. The van der Waals surface area contributed by atoms with Gasteiger partial charge in [-0.05, 0) is 37.1 Å². The molecule has 0 aliphatic rings. The molecule has 0 saturated carbocycles. The molecule has 0 spiro atoms. The van der Waals surface area contributed by atoms with Crippen molar-refractivity contribution in [3.8, 4) is 0 Å². The number of hydrogen-bond acceptors (Lipinski definition) is 1. The maximum Gasteiger partial charge on any atom is 0.319 e. The van der Waals surface area contributed by atoms with E-state index in [9.17, 15) is 4.79 Å². The number of aryl methyl sites for hydroxylation is 1. The fourth-order valence-corrected chi connectivity index (χ4v) is 1.72. The maximum atomic E-state index is 11.5. The number of carbonyl (C=O) groups is 1. The second-order valence-corrected chi connectivity index (χ2v) is 4.91. The monoisotopic (exact) mass is 298 g/mol.